The second-order valence-corrected chi connectivity index (χ2v) is 19.9. The summed E-state index contributed by atoms with van der Waals surface area (Å²) >= 11 is 3.45. The number of benzene rings is 1. The molecule has 3 heterocycles. The molecule has 1 spiro atoms. The van der Waals surface area contributed by atoms with Gasteiger partial charge < -0.3 is 40.4 Å². The van der Waals surface area contributed by atoms with E-state index in [0.717, 1.165) is 50.0 Å². The Morgan fingerprint density at radius 1 is 0.898 bits per heavy atom. The van der Waals surface area contributed by atoms with E-state index in [1.165, 1.54) is 0 Å². The molecular formula is C42H61N5O10S2. The first-order valence-electron chi connectivity index (χ1n) is 21.0. The van der Waals surface area contributed by atoms with Crippen molar-refractivity contribution in [2.45, 2.75) is 138 Å². The monoisotopic (exact) mass is 859 g/mol. The largest absolute Gasteiger partial charge is 0.458 e. The highest BCUT2D eigenvalue weighted by Gasteiger charge is 2.52. The van der Waals surface area contributed by atoms with Crippen molar-refractivity contribution in [2.75, 3.05) is 37.8 Å². The van der Waals surface area contributed by atoms with Crippen molar-refractivity contribution in [3.8, 4) is 0 Å². The maximum absolute atomic E-state index is 14.7. The van der Waals surface area contributed by atoms with E-state index in [9.17, 15) is 33.6 Å². The highest BCUT2D eigenvalue weighted by atomic mass is 32.2. The van der Waals surface area contributed by atoms with Crippen molar-refractivity contribution in [1.29, 1.82) is 0 Å². The van der Waals surface area contributed by atoms with Crippen LogP contribution in [0, 0.1) is 5.92 Å². The number of rotatable bonds is 15. The molecule has 1 aromatic rings. The van der Waals surface area contributed by atoms with Crippen LogP contribution < -0.4 is 21.3 Å². The van der Waals surface area contributed by atoms with Gasteiger partial charge in [0.05, 0.1) is 29.9 Å². The average molecular weight is 860 g/mol. The van der Waals surface area contributed by atoms with Crippen LogP contribution in [0.5, 0.6) is 0 Å². The first-order valence-corrected chi connectivity index (χ1v) is 23.0. The Balaban J connectivity index is 1.27. The lowest BCUT2D eigenvalue weighted by Crippen LogP contribution is -2.58. The molecule has 0 bridgehead atoms. The van der Waals surface area contributed by atoms with E-state index in [0.29, 0.717) is 44.5 Å². The number of nitrogens with zero attached hydrogens (tertiary/aromatic N) is 1. The minimum Gasteiger partial charge on any atom is -0.458 e. The summed E-state index contributed by atoms with van der Waals surface area (Å²) in [4.78, 5) is 96.9. The first kappa shape index (κ1) is 46.2. The van der Waals surface area contributed by atoms with Gasteiger partial charge in [0, 0.05) is 25.8 Å². The van der Waals surface area contributed by atoms with E-state index in [1.807, 2.05) is 6.92 Å². The summed E-state index contributed by atoms with van der Waals surface area (Å²) in [6.45, 7) is 7.60. The molecule has 3 saturated heterocycles. The van der Waals surface area contributed by atoms with Crippen LogP contribution in [0.4, 0.5) is 4.79 Å². The molecule has 15 nitrogen and oxygen atoms in total. The van der Waals surface area contributed by atoms with Crippen molar-refractivity contribution < 1.29 is 47.8 Å². The molecular weight excluding hydrogens is 799 g/mol. The maximum atomic E-state index is 14.7. The molecule has 5 amide bonds. The lowest BCUT2D eigenvalue weighted by atomic mass is 9.83. The Labute approximate surface area is 355 Å². The van der Waals surface area contributed by atoms with E-state index >= 15 is 0 Å². The van der Waals surface area contributed by atoms with Crippen LogP contribution in [0.3, 0.4) is 0 Å². The Bertz CT molecular complexity index is 1640. The second kappa shape index (κ2) is 21.6. The van der Waals surface area contributed by atoms with Crippen LogP contribution in [0.25, 0.3) is 0 Å². The highest BCUT2D eigenvalue weighted by molar-refractivity contribution is 8.18. The molecule has 3 aliphatic heterocycles. The number of hydrogen-bond acceptors (Lipinski definition) is 12. The zero-order valence-corrected chi connectivity index (χ0v) is 36.4. The molecule has 4 atom stereocenters. The van der Waals surface area contributed by atoms with Crippen LogP contribution in [0.1, 0.15) is 110 Å². The van der Waals surface area contributed by atoms with Crippen LogP contribution in [-0.2, 0) is 43.0 Å². The SMILES string of the molecule is CCCC(NC(=O)[C@@H]1CC2(CN1C(=O)[C@@H](NC(=O)OC1CCOCC1)C1CCCCC1)SCCCS2)C(=O)C(=O)NCC(=O)NC(C(=O)OC(C)(C)C)c1ccccc1. The first-order chi connectivity index (χ1) is 28.2. The number of ketones is 1. The molecule has 17 heteroatoms. The van der Waals surface area contributed by atoms with Gasteiger partial charge in [0.15, 0.2) is 6.04 Å². The zero-order chi connectivity index (χ0) is 42.6. The lowest BCUT2D eigenvalue weighted by molar-refractivity contribution is -0.158. The van der Waals surface area contributed by atoms with Crippen LogP contribution >= 0.6 is 23.5 Å². The van der Waals surface area contributed by atoms with Gasteiger partial charge in [0.2, 0.25) is 23.5 Å². The van der Waals surface area contributed by atoms with Crippen molar-refractivity contribution in [2.24, 2.45) is 5.92 Å². The van der Waals surface area contributed by atoms with Crippen molar-refractivity contribution >= 4 is 65.0 Å². The predicted molar refractivity (Wildman–Crippen MR) is 224 cm³/mol. The van der Waals surface area contributed by atoms with Gasteiger partial charge in [-0.25, -0.2) is 9.59 Å². The third kappa shape index (κ3) is 13.3. The molecule has 59 heavy (non-hydrogen) atoms. The number of thioether (sulfide) groups is 2. The number of carbonyl (C=O) groups excluding carboxylic acids is 7. The van der Waals surface area contributed by atoms with Gasteiger partial charge in [-0.1, -0.05) is 62.9 Å². The second-order valence-electron chi connectivity index (χ2n) is 16.7. The lowest BCUT2D eigenvalue weighted by Gasteiger charge is -2.36. The third-order valence-corrected chi connectivity index (χ3v) is 14.3. The smallest absolute Gasteiger partial charge is 0.408 e. The molecule has 0 aromatic heterocycles. The Morgan fingerprint density at radius 2 is 1.58 bits per heavy atom. The average Bonchev–Trinajstić information content (AvgIpc) is 3.59. The fraction of sp³-hybridized carbons (Fsp3) is 0.690. The number of hydrogen-bond donors (Lipinski definition) is 4. The van der Waals surface area contributed by atoms with E-state index in [-0.39, 0.29) is 30.9 Å². The number of amides is 5. The number of likely N-dealkylation sites (tertiary alicyclic amines) is 1. The van der Waals surface area contributed by atoms with E-state index < -0.39 is 76.0 Å². The topological polar surface area (TPSA) is 199 Å². The normalized spacial score (nSPS) is 21.4. The summed E-state index contributed by atoms with van der Waals surface area (Å²) < 4.78 is 16.2. The summed E-state index contributed by atoms with van der Waals surface area (Å²) in [6, 6.07) is 4.29. The van der Waals surface area contributed by atoms with Gasteiger partial charge in [0.25, 0.3) is 5.91 Å². The fourth-order valence-electron chi connectivity index (χ4n) is 7.99. The third-order valence-electron chi connectivity index (χ3n) is 10.9. The molecule has 4 fully saturated rings. The molecule has 4 N–H and O–H groups in total. The number of ether oxygens (including phenoxy) is 3. The quantitative estimate of drug-likeness (QED) is 0.145. The molecule has 2 unspecified atom stereocenters. The summed E-state index contributed by atoms with van der Waals surface area (Å²) in [5.74, 6) is -2.73. The molecule has 5 rings (SSSR count). The summed E-state index contributed by atoms with van der Waals surface area (Å²) in [6.07, 6.45) is 6.50. The van der Waals surface area contributed by atoms with Gasteiger partial charge in [-0.05, 0) is 69.4 Å². The molecule has 326 valence electrons. The summed E-state index contributed by atoms with van der Waals surface area (Å²) in [5.41, 5.74) is -0.344. The van der Waals surface area contributed by atoms with E-state index in [2.05, 4.69) is 21.3 Å². The van der Waals surface area contributed by atoms with Gasteiger partial charge in [-0.3, -0.25) is 24.0 Å². The summed E-state index contributed by atoms with van der Waals surface area (Å²) in [7, 11) is 0. The van der Waals surface area contributed by atoms with Gasteiger partial charge in [0.1, 0.15) is 23.8 Å². The molecule has 1 saturated carbocycles. The fourth-order valence-corrected chi connectivity index (χ4v) is 11.3. The number of Topliss-reactive ketones (excluding diaryl/α,β-unsaturated/α-hetero) is 1. The maximum Gasteiger partial charge on any atom is 0.408 e. The summed E-state index contributed by atoms with van der Waals surface area (Å²) in [5, 5.41) is 10.6. The number of nitrogens with one attached hydrogen (secondary N) is 4. The number of alkyl carbamates (subject to hydrolysis) is 1. The minimum atomic E-state index is -1.23. The Morgan fingerprint density at radius 3 is 2.22 bits per heavy atom. The van der Waals surface area contributed by atoms with Crippen LogP contribution in [-0.4, -0.2) is 118 Å². The van der Waals surface area contributed by atoms with Crippen LogP contribution in [0.2, 0.25) is 0 Å². The Hall–Kier alpha value is -3.83. The molecule has 1 aliphatic carbocycles. The standard InChI is InChI=1S/C42H61N5O10S2/c1-5-13-30(35(49)37(51)43-25-32(48)45-34(28-16-10-7-11-17-28)39(53)57-41(2,3)4)44-36(50)31-24-42(58-22-12-23-59-42)26-47(31)38(52)33(27-14-8-6-9-15-27)46-40(54)56-29-18-20-55-21-19-29/h7,10-11,16-17,27,29-31,33-34H,5-6,8-9,12-15,18-26H2,1-4H3,(H,43,51)(H,44,50)(H,45,48)(H,46,54)/t30?,31-,33-,34?/m0/s1. The molecule has 4 aliphatic rings. The minimum absolute atomic E-state index is 0.132. The van der Waals surface area contributed by atoms with Crippen molar-refractivity contribution in [1.82, 2.24) is 26.2 Å². The van der Waals surface area contributed by atoms with Crippen LogP contribution in [0.15, 0.2) is 30.3 Å². The van der Waals surface area contributed by atoms with Gasteiger partial charge in [-0.2, -0.15) is 0 Å². The molecule has 1 aromatic carbocycles. The van der Waals surface area contributed by atoms with Gasteiger partial charge in [-0.15, -0.1) is 23.5 Å². The van der Waals surface area contributed by atoms with Crippen molar-refractivity contribution in [3.63, 3.8) is 0 Å². The zero-order valence-electron chi connectivity index (χ0n) is 34.7. The number of carbonyl (C=O) groups is 7. The molecule has 0 radical (unpaired) electrons. The predicted octanol–water partition coefficient (Wildman–Crippen LogP) is 4.18. The highest BCUT2D eigenvalue weighted by Crippen LogP contribution is 2.50. The van der Waals surface area contributed by atoms with Crippen molar-refractivity contribution in [3.05, 3.63) is 35.9 Å². The van der Waals surface area contributed by atoms with E-state index in [4.69, 9.17) is 14.2 Å². The number of esters is 1. The van der Waals surface area contributed by atoms with E-state index in [1.54, 1.807) is 79.5 Å². The van der Waals surface area contributed by atoms with Gasteiger partial charge >= 0.3 is 12.1 Å². The Kier molecular flexibility index (Phi) is 16.9.